The van der Waals surface area contributed by atoms with Gasteiger partial charge in [-0.3, -0.25) is 14.9 Å². The highest BCUT2D eigenvalue weighted by molar-refractivity contribution is 5.80. The summed E-state index contributed by atoms with van der Waals surface area (Å²) in [6.07, 6.45) is 1.64. The van der Waals surface area contributed by atoms with Gasteiger partial charge in [0, 0.05) is 25.1 Å². The number of rotatable bonds is 4. The summed E-state index contributed by atoms with van der Waals surface area (Å²) in [5.74, 6) is 0.670. The van der Waals surface area contributed by atoms with Gasteiger partial charge in [0.15, 0.2) is 0 Å². The summed E-state index contributed by atoms with van der Waals surface area (Å²) >= 11 is 0. The van der Waals surface area contributed by atoms with E-state index >= 15 is 0 Å². The Hall–Kier alpha value is -2.18. The Morgan fingerprint density at radius 3 is 2.74 bits per heavy atom. The molecule has 7 heteroatoms. The summed E-state index contributed by atoms with van der Waals surface area (Å²) in [5.41, 5.74) is -0.0446. The molecule has 0 saturated carbocycles. The molecule has 1 aromatic rings. The maximum Gasteiger partial charge on any atom is 0.287 e. The highest BCUT2D eigenvalue weighted by Crippen LogP contribution is 2.19. The molecule has 19 heavy (non-hydrogen) atoms. The Morgan fingerprint density at radius 1 is 1.53 bits per heavy atom. The number of pyridine rings is 1. The molecule has 1 unspecified atom stereocenters. The monoisotopic (exact) mass is 264 g/mol. The maximum absolute atomic E-state index is 11.7. The Kier molecular flexibility index (Phi) is 3.64. The van der Waals surface area contributed by atoms with Crippen molar-refractivity contribution in [1.82, 2.24) is 9.88 Å². The SMILES string of the molecule is CC(C)N1CC(Nc2ccc([N+](=O)[O-])cn2)CC1=O. The van der Waals surface area contributed by atoms with Crippen LogP contribution in [0.2, 0.25) is 0 Å². The number of carbonyl (C=O) groups is 1. The second kappa shape index (κ2) is 5.21. The summed E-state index contributed by atoms with van der Waals surface area (Å²) in [5, 5.41) is 13.6. The molecule has 1 aromatic heterocycles. The van der Waals surface area contributed by atoms with Crippen LogP contribution >= 0.6 is 0 Å². The highest BCUT2D eigenvalue weighted by Gasteiger charge is 2.31. The molecule has 1 fully saturated rings. The van der Waals surface area contributed by atoms with E-state index in [1.165, 1.54) is 12.3 Å². The second-order valence-electron chi connectivity index (χ2n) is 4.84. The number of aromatic nitrogens is 1. The van der Waals surface area contributed by atoms with Crippen molar-refractivity contribution in [1.29, 1.82) is 0 Å². The number of likely N-dealkylation sites (tertiary alicyclic amines) is 1. The van der Waals surface area contributed by atoms with E-state index in [0.717, 1.165) is 0 Å². The van der Waals surface area contributed by atoms with Crippen LogP contribution in [-0.2, 0) is 4.79 Å². The third-order valence-corrected chi connectivity index (χ3v) is 3.09. The van der Waals surface area contributed by atoms with Gasteiger partial charge in [-0.15, -0.1) is 0 Å². The third-order valence-electron chi connectivity index (χ3n) is 3.09. The molecule has 0 aliphatic carbocycles. The zero-order valence-electron chi connectivity index (χ0n) is 10.9. The molecule has 7 nitrogen and oxygen atoms in total. The molecule has 1 aliphatic heterocycles. The molecule has 0 spiro atoms. The molecule has 1 atom stereocenters. The molecule has 1 amide bonds. The first-order valence-corrected chi connectivity index (χ1v) is 6.14. The van der Waals surface area contributed by atoms with Gasteiger partial charge >= 0.3 is 0 Å². The standard InChI is InChI=1S/C12H16N4O3/c1-8(2)15-7-9(5-12(15)17)14-11-4-3-10(6-13-11)16(18)19/h3-4,6,8-9H,5,7H2,1-2H3,(H,13,14). The number of hydrogen-bond acceptors (Lipinski definition) is 5. The zero-order chi connectivity index (χ0) is 14.0. The van der Waals surface area contributed by atoms with Gasteiger partial charge in [-0.1, -0.05) is 0 Å². The predicted octanol–water partition coefficient (Wildman–Crippen LogP) is 1.41. The van der Waals surface area contributed by atoms with Crippen molar-refractivity contribution in [3.05, 3.63) is 28.4 Å². The van der Waals surface area contributed by atoms with E-state index in [0.29, 0.717) is 18.8 Å². The Balaban J connectivity index is 1.99. The van der Waals surface area contributed by atoms with Gasteiger partial charge in [0.05, 0.1) is 11.0 Å². The molecular formula is C12H16N4O3. The van der Waals surface area contributed by atoms with Gasteiger partial charge in [-0.2, -0.15) is 0 Å². The van der Waals surface area contributed by atoms with Gasteiger partial charge in [-0.25, -0.2) is 4.98 Å². The number of anilines is 1. The van der Waals surface area contributed by atoms with E-state index in [1.54, 1.807) is 6.07 Å². The lowest BCUT2D eigenvalue weighted by atomic mass is 10.2. The topological polar surface area (TPSA) is 88.4 Å². The maximum atomic E-state index is 11.7. The summed E-state index contributed by atoms with van der Waals surface area (Å²) in [6.45, 7) is 4.59. The molecule has 102 valence electrons. The number of nitrogens with zero attached hydrogens (tertiary/aromatic N) is 3. The number of nitro groups is 1. The largest absolute Gasteiger partial charge is 0.365 e. The first kappa shape index (κ1) is 13.3. The van der Waals surface area contributed by atoms with Crippen LogP contribution in [0.4, 0.5) is 11.5 Å². The molecule has 2 heterocycles. The van der Waals surface area contributed by atoms with Crippen LogP contribution < -0.4 is 5.32 Å². The van der Waals surface area contributed by atoms with E-state index in [9.17, 15) is 14.9 Å². The molecule has 0 radical (unpaired) electrons. The third kappa shape index (κ3) is 2.98. The zero-order valence-corrected chi connectivity index (χ0v) is 10.9. The number of hydrogen-bond donors (Lipinski definition) is 1. The van der Waals surface area contributed by atoms with Crippen LogP contribution in [-0.4, -0.2) is 39.3 Å². The van der Waals surface area contributed by atoms with Gasteiger partial charge in [0.2, 0.25) is 5.91 Å². The fraction of sp³-hybridized carbons (Fsp3) is 0.500. The Labute approximate surface area is 110 Å². The quantitative estimate of drug-likeness (QED) is 0.656. The van der Waals surface area contributed by atoms with Crippen molar-refractivity contribution in [3.63, 3.8) is 0 Å². The van der Waals surface area contributed by atoms with Crippen LogP contribution in [0.1, 0.15) is 20.3 Å². The fourth-order valence-corrected chi connectivity index (χ4v) is 2.12. The van der Waals surface area contributed by atoms with E-state index in [-0.39, 0.29) is 23.7 Å². The average Bonchev–Trinajstić information content (AvgIpc) is 2.71. The number of nitrogens with one attached hydrogen (secondary N) is 1. The predicted molar refractivity (Wildman–Crippen MR) is 69.8 cm³/mol. The van der Waals surface area contributed by atoms with Crippen molar-refractivity contribution < 1.29 is 9.72 Å². The van der Waals surface area contributed by atoms with Crippen molar-refractivity contribution in [2.75, 3.05) is 11.9 Å². The van der Waals surface area contributed by atoms with E-state index in [1.807, 2.05) is 18.7 Å². The lowest BCUT2D eigenvalue weighted by molar-refractivity contribution is -0.385. The Morgan fingerprint density at radius 2 is 2.26 bits per heavy atom. The summed E-state index contributed by atoms with van der Waals surface area (Å²) in [7, 11) is 0. The molecule has 0 bridgehead atoms. The molecule has 2 rings (SSSR count). The molecule has 0 aromatic carbocycles. The lowest BCUT2D eigenvalue weighted by Crippen LogP contribution is -2.33. The van der Waals surface area contributed by atoms with Crippen LogP contribution in [0, 0.1) is 10.1 Å². The number of carbonyl (C=O) groups excluding carboxylic acids is 1. The number of amides is 1. The van der Waals surface area contributed by atoms with Gasteiger partial charge in [0.1, 0.15) is 12.0 Å². The smallest absolute Gasteiger partial charge is 0.287 e. The summed E-state index contributed by atoms with van der Waals surface area (Å²) in [4.78, 5) is 27.5. The van der Waals surface area contributed by atoms with Crippen molar-refractivity contribution in [3.8, 4) is 0 Å². The minimum atomic E-state index is -0.490. The average molecular weight is 264 g/mol. The van der Waals surface area contributed by atoms with Crippen LogP contribution in [0.25, 0.3) is 0 Å². The summed E-state index contributed by atoms with van der Waals surface area (Å²) in [6, 6.07) is 3.14. The van der Waals surface area contributed by atoms with E-state index in [4.69, 9.17) is 0 Å². The summed E-state index contributed by atoms with van der Waals surface area (Å²) < 4.78 is 0. The van der Waals surface area contributed by atoms with E-state index in [2.05, 4.69) is 10.3 Å². The minimum Gasteiger partial charge on any atom is -0.365 e. The van der Waals surface area contributed by atoms with Gasteiger partial charge in [0.25, 0.3) is 5.69 Å². The normalized spacial score (nSPS) is 19.0. The molecule has 1 N–H and O–H groups in total. The van der Waals surface area contributed by atoms with Crippen LogP contribution in [0.15, 0.2) is 18.3 Å². The first-order valence-electron chi connectivity index (χ1n) is 6.14. The molecular weight excluding hydrogens is 248 g/mol. The Bertz CT molecular complexity index is 486. The van der Waals surface area contributed by atoms with Crippen molar-refractivity contribution in [2.45, 2.75) is 32.4 Å². The first-order chi connectivity index (χ1) is 8.97. The van der Waals surface area contributed by atoms with Crippen molar-refractivity contribution in [2.24, 2.45) is 0 Å². The van der Waals surface area contributed by atoms with E-state index < -0.39 is 4.92 Å². The van der Waals surface area contributed by atoms with Crippen LogP contribution in [0.5, 0.6) is 0 Å². The highest BCUT2D eigenvalue weighted by atomic mass is 16.6. The van der Waals surface area contributed by atoms with Gasteiger partial charge < -0.3 is 10.2 Å². The molecule has 1 saturated heterocycles. The molecule has 1 aliphatic rings. The van der Waals surface area contributed by atoms with Gasteiger partial charge in [-0.05, 0) is 19.9 Å². The second-order valence-corrected chi connectivity index (χ2v) is 4.84. The lowest BCUT2D eigenvalue weighted by Gasteiger charge is -2.21. The van der Waals surface area contributed by atoms with Crippen LogP contribution in [0.3, 0.4) is 0 Å². The minimum absolute atomic E-state index is 0.00357. The fourth-order valence-electron chi connectivity index (χ4n) is 2.12. The van der Waals surface area contributed by atoms with Crippen molar-refractivity contribution >= 4 is 17.4 Å².